The molecule has 14 heavy (non-hydrogen) atoms. The lowest BCUT2D eigenvalue weighted by atomic mass is 9.83. The van der Waals surface area contributed by atoms with Crippen LogP contribution >= 0.6 is 0 Å². The van der Waals surface area contributed by atoms with Crippen LogP contribution < -0.4 is 5.73 Å². The number of hydrogen-bond acceptors (Lipinski definition) is 4. The van der Waals surface area contributed by atoms with E-state index in [1.54, 1.807) is 6.92 Å². The first-order chi connectivity index (χ1) is 6.65. The van der Waals surface area contributed by atoms with Gasteiger partial charge in [0, 0.05) is 12.8 Å². The molecular formula is C10H17NO3. The normalized spacial score (nSPS) is 24.4. The van der Waals surface area contributed by atoms with Gasteiger partial charge in [-0.3, -0.25) is 9.59 Å². The van der Waals surface area contributed by atoms with E-state index in [0.29, 0.717) is 19.4 Å². The van der Waals surface area contributed by atoms with Gasteiger partial charge in [-0.1, -0.05) is 0 Å². The SMILES string of the molecule is CCOC(=O)C(N)C1CCCC(=O)C1. The average molecular weight is 199 g/mol. The van der Waals surface area contributed by atoms with Crippen molar-refractivity contribution < 1.29 is 14.3 Å². The number of carbonyl (C=O) groups excluding carboxylic acids is 2. The minimum Gasteiger partial charge on any atom is -0.465 e. The van der Waals surface area contributed by atoms with Crippen molar-refractivity contribution in [2.75, 3.05) is 6.61 Å². The van der Waals surface area contributed by atoms with Crippen LogP contribution in [-0.2, 0) is 14.3 Å². The van der Waals surface area contributed by atoms with Crippen LogP contribution in [0, 0.1) is 5.92 Å². The Labute approximate surface area is 83.8 Å². The predicted molar refractivity (Wildman–Crippen MR) is 51.6 cm³/mol. The second-order valence-electron chi connectivity index (χ2n) is 3.67. The molecule has 2 N–H and O–H groups in total. The number of ether oxygens (including phenoxy) is 1. The zero-order valence-electron chi connectivity index (χ0n) is 8.49. The highest BCUT2D eigenvalue weighted by molar-refractivity contribution is 5.82. The van der Waals surface area contributed by atoms with E-state index in [1.807, 2.05) is 0 Å². The molecule has 0 bridgehead atoms. The van der Waals surface area contributed by atoms with Crippen LogP contribution in [0.5, 0.6) is 0 Å². The molecule has 1 saturated carbocycles. The van der Waals surface area contributed by atoms with Gasteiger partial charge in [0.25, 0.3) is 0 Å². The molecular weight excluding hydrogens is 182 g/mol. The van der Waals surface area contributed by atoms with E-state index in [4.69, 9.17) is 10.5 Å². The number of rotatable bonds is 3. The van der Waals surface area contributed by atoms with Crippen LogP contribution in [0.3, 0.4) is 0 Å². The number of Topliss-reactive ketones (excluding diaryl/α,β-unsaturated/α-hetero) is 1. The van der Waals surface area contributed by atoms with Gasteiger partial charge in [-0.25, -0.2) is 0 Å². The summed E-state index contributed by atoms with van der Waals surface area (Å²) in [6.45, 7) is 2.09. The fourth-order valence-corrected chi connectivity index (χ4v) is 1.80. The topological polar surface area (TPSA) is 69.4 Å². The second kappa shape index (κ2) is 5.10. The molecule has 0 spiro atoms. The van der Waals surface area contributed by atoms with Crippen LogP contribution in [0.2, 0.25) is 0 Å². The molecule has 0 aliphatic heterocycles. The Balaban J connectivity index is 2.46. The molecule has 1 fully saturated rings. The van der Waals surface area contributed by atoms with Crippen molar-refractivity contribution in [3.05, 3.63) is 0 Å². The van der Waals surface area contributed by atoms with Crippen LogP contribution in [0.25, 0.3) is 0 Å². The summed E-state index contributed by atoms with van der Waals surface area (Å²) >= 11 is 0. The number of hydrogen-bond donors (Lipinski definition) is 1. The molecule has 1 aliphatic rings. The van der Waals surface area contributed by atoms with E-state index in [9.17, 15) is 9.59 Å². The molecule has 2 atom stereocenters. The highest BCUT2D eigenvalue weighted by Gasteiger charge is 2.30. The third-order valence-corrected chi connectivity index (χ3v) is 2.59. The van der Waals surface area contributed by atoms with Gasteiger partial charge in [0.1, 0.15) is 11.8 Å². The lowest BCUT2D eigenvalue weighted by Gasteiger charge is -2.24. The largest absolute Gasteiger partial charge is 0.465 e. The molecule has 4 nitrogen and oxygen atoms in total. The molecule has 0 radical (unpaired) electrons. The zero-order chi connectivity index (χ0) is 10.6. The summed E-state index contributed by atoms with van der Waals surface area (Å²) < 4.78 is 4.82. The Hall–Kier alpha value is -0.900. The standard InChI is InChI=1S/C10H17NO3/c1-2-14-10(13)9(11)7-4-3-5-8(12)6-7/h7,9H,2-6,11H2,1H3. The highest BCUT2D eigenvalue weighted by Crippen LogP contribution is 2.23. The van der Waals surface area contributed by atoms with Gasteiger partial charge >= 0.3 is 5.97 Å². The van der Waals surface area contributed by atoms with Gasteiger partial charge in [0.05, 0.1) is 6.61 Å². The van der Waals surface area contributed by atoms with Crippen molar-refractivity contribution >= 4 is 11.8 Å². The fourth-order valence-electron chi connectivity index (χ4n) is 1.80. The molecule has 2 unspecified atom stereocenters. The molecule has 0 aromatic heterocycles. The summed E-state index contributed by atoms with van der Waals surface area (Å²) in [6.07, 6.45) is 2.76. The first-order valence-electron chi connectivity index (χ1n) is 5.09. The van der Waals surface area contributed by atoms with Crippen molar-refractivity contribution in [2.45, 2.75) is 38.6 Å². The Kier molecular flexibility index (Phi) is 4.07. The maximum Gasteiger partial charge on any atom is 0.323 e. The summed E-state index contributed by atoms with van der Waals surface area (Å²) in [5.74, 6) is -0.191. The minimum absolute atomic E-state index is 0.0182. The first kappa shape index (κ1) is 11.2. The first-order valence-corrected chi connectivity index (χ1v) is 5.09. The molecule has 0 aromatic rings. The minimum atomic E-state index is -0.626. The van der Waals surface area contributed by atoms with Crippen LogP contribution in [0.4, 0.5) is 0 Å². The summed E-state index contributed by atoms with van der Waals surface area (Å²) in [7, 11) is 0. The van der Waals surface area contributed by atoms with E-state index in [0.717, 1.165) is 12.8 Å². The smallest absolute Gasteiger partial charge is 0.323 e. The fraction of sp³-hybridized carbons (Fsp3) is 0.800. The van der Waals surface area contributed by atoms with Crippen LogP contribution in [0.15, 0.2) is 0 Å². The molecule has 80 valence electrons. The lowest BCUT2D eigenvalue weighted by Crippen LogP contribution is -2.41. The van der Waals surface area contributed by atoms with E-state index in [2.05, 4.69) is 0 Å². The van der Waals surface area contributed by atoms with Crippen molar-refractivity contribution in [3.63, 3.8) is 0 Å². The maximum atomic E-state index is 11.3. The summed E-state index contributed by atoms with van der Waals surface area (Å²) in [4.78, 5) is 22.4. The monoisotopic (exact) mass is 199 g/mol. The number of nitrogens with two attached hydrogens (primary N) is 1. The van der Waals surface area contributed by atoms with E-state index in [-0.39, 0.29) is 17.7 Å². The Morgan fingerprint density at radius 3 is 3.00 bits per heavy atom. The number of ketones is 1. The highest BCUT2D eigenvalue weighted by atomic mass is 16.5. The van der Waals surface area contributed by atoms with Crippen molar-refractivity contribution in [3.8, 4) is 0 Å². The lowest BCUT2D eigenvalue weighted by molar-refractivity contribution is -0.146. The van der Waals surface area contributed by atoms with Gasteiger partial charge in [-0.2, -0.15) is 0 Å². The summed E-state index contributed by atoms with van der Waals surface area (Å²) in [5, 5.41) is 0. The molecule has 1 aliphatic carbocycles. The molecule has 4 heteroatoms. The van der Waals surface area contributed by atoms with Crippen molar-refractivity contribution in [1.82, 2.24) is 0 Å². The third kappa shape index (κ3) is 2.80. The van der Waals surface area contributed by atoms with Gasteiger partial charge in [-0.05, 0) is 25.7 Å². The molecule has 0 amide bonds. The Bertz CT molecular complexity index is 227. The van der Waals surface area contributed by atoms with Gasteiger partial charge in [0.2, 0.25) is 0 Å². The van der Waals surface area contributed by atoms with Crippen molar-refractivity contribution in [1.29, 1.82) is 0 Å². The quantitative estimate of drug-likeness (QED) is 0.677. The van der Waals surface area contributed by atoms with Gasteiger partial charge < -0.3 is 10.5 Å². The number of esters is 1. The van der Waals surface area contributed by atoms with Gasteiger partial charge in [-0.15, -0.1) is 0 Å². The van der Waals surface area contributed by atoms with Gasteiger partial charge in [0.15, 0.2) is 0 Å². The zero-order valence-corrected chi connectivity index (χ0v) is 8.49. The van der Waals surface area contributed by atoms with E-state index < -0.39 is 6.04 Å². The predicted octanol–water partition coefficient (Wildman–Crippen LogP) is 0.636. The second-order valence-corrected chi connectivity index (χ2v) is 3.67. The van der Waals surface area contributed by atoms with E-state index in [1.165, 1.54) is 0 Å². The summed E-state index contributed by atoms with van der Waals surface area (Å²) in [5.41, 5.74) is 5.71. The van der Waals surface area contributed by atoms with E-state index >= 15 is 0 Å². The molecule has 1 rings (SSSR count). The van der Waals surface area contributed by atoms with Crippen molar-refractivity contribution in [2.24, 2.45) is 11.7 Å². The molecule has 0 aromatic carbocycles. The maximum absolute atomic E-state index is 11.3. The molecule has 0 saturated heterocycles. The van der Waals surface area contributed by atoms with Crippen LogP contribution in [-0.4, -0.2) is 24.4 Å². The summed E-state index contributed by atoms with van der Waals surface area (Å²) in [6, 6.07) is -0.626. The average Bonchev–Trinajstić information content (AvgIpc) is 2.17. The Morgan fingerprint density at radius 2 is 2.43 bits per heavy atom. The third-order valence-electron chi connectivity index (χ3n) is 2.59. The van der Waals surface area contributed by atoms with Crippen LogP contribution in [0.1, 0.15) is 32.6 Å². The number of carbonyl (C=O) groups is 2. The molecule has 0 heterocycles. The Morgan fingerprint density at radius 1 is 1.71 bits per heavy atom.